The number of esters is 1. The molecule has 0 spiro atoms. The largest absolute Gasteiger partial charge is 0.508 e. The predicted octanol–water partition coefficient (Wildman–Crippen LogP) is 4.00. The number of carbonyl (C=O) groups excluding carboxylic acids is 1. The summed E-state index contributed by atoms with van der Waals surface area (Å²) in [5.74, 6) is 0.606. The molecule has 1 unspecified atom stereocenters. The first-order valence-electron chi connectivity index (χ1n) is 7.18. The molecular formula is C16H22O3. The van der Waals surface area contributed by atoms with Gasteiger partial charge in [-0.25, -0.2) is 0 Å². The maximum Gasteiger partial charge on any atom is 0.319 e. The minimum Gasteiger partial charge on any atom is -0.508 e. The van der Waals surface area contributed by atoms with Crippen molar-refractivity contribution >= 4 is 5.97 Å². The maximum atomic E-state index is 12.0. The molecule has 1 N–H and O–H groups in total. The van der Waals surface area contributed by atoms with Gasteiger partial charge in [0.15, 0.2) is 0 Å². The van der Waals surface area contributed by atoms with E-state index in [9.17, 15) is 9.90 Å². The Balaban J connectivity index is 2.02. The molecule has 3 nitrogen and oxygen atoms in total. The number of fused-ring (bicyclic) bond motifs is 1. The minimum atomic E-state index is -0.177. The van der Waals surface area contributed by atoms with E-state index in [4.69, 9.17) is 4.74 Å². The summed E-state index contributed by atoms with van der Waals surface area (Å²) in [5, 5.41) is 9.42. The van der Waals surface area contributed by atoms with Gasteiger partial charge in [0.1, 0.15) is 11.5 Å². The van der Waals surface area contributed by atoms with Crippen molar-refractivity contribution in [2.75, 3.05) is 0 Å². The van der Waals surface area contributed by atoms with Crippen LogP contribution in [-0.2, 0) is 4.79 Å². The van der Waals surface area contributed by atoms with Crippen LogP contribution in [0.15, 0.2) is 18.2 Å². The van der Waals surface area contributed by atoms with Crippen LogP contribution >= 0.6 is 0 Å². The SMILES string of the molecule is CCCCCC[C@@H](C)C1C(=O)Oc2cc(O)ccc21. The van der Waals surface area contributed by atoms with Crippen molar-refractivity contribution in [3.63, 3.8) is 0 Å². The highest BCUT2D eigenvalue weighted by Crippen LogP contribution is 2.42. The quantitative estimate of drug-likeness (QED) is 0.479. The van der Waals surface area contributed by atoms with E-state index in [1.54, 1.807) is 6.07 Å². The maximum absolute atomic E-state index is 12.0. The summed E-state index contributed by atoms with van der Waals surface area (Å²) < 4.78 is 5.25. The molecule has 1 aromatic rings. The lowest BCUT2D eigenvalue weighted by Crippen LogP contribution is -2.17. The van der Waals surface area contributed by atoms with Crippen LogP contribution in [0.25, 0.3) is 0 Å². The fraction of sp³-hybridized carbons (Fsp3) is 0.562. The van der Waals surface area contributed by atoms with Crippen LogP contribution in [0, 0.1) is 5.92 Å². The summed E-state index contributed by atoms with van der Waals surface area (Å²) in [4.78, 5) is 12.0. The highest BCUT2D eigenvalue weighted by atomic mass is 16.5. The number of phenolic OH excluding ortho intramolecular Hbond substituents is 1. The fourth-order valence-corrected chi connectivity index (χ4v) is 2.77. The van der Waals surface area contributed by atoms with Crippen LogP contribution in [0.5, 0.6) is 11.5 Å². The Labute approximate surface area is 114 Å². The van der Waals surface area contributed by atoms with Crippen LogP contribution < -0.4 is 4.74 Å². The van der Waals surface area contributed by atoms with Gasteiger partial charge in [0.2, 0.25) is 0 Å². The molecule has 1 heterocycles. The van der Waals surface area contributed by atoms with Crippen molar-refractivity contribution < 1.29 is 14.6 Å². The van der Waals surface area contributed by atoms with Crippen LogP contribution in [0.4, 0.5) is 0 Å². The van der Waals surface area contributed by atoms with E-state index in [-0.39, 0.29) is 23.6 Å². The van der Waals surface area contributed by atoms with E-state index in [0.717, 1.165) is 18.4 Å². The summed E-state index contributed by atoms with van der Waals surface area (Å²) in [6, 6.07) is 4.96. The Morgan fingerprint density at radius 1 is 1.32 bits per heavy atom. The Morgan fingerprint density at radius 3 is 2.84 bits per heavy atom. The first-order valence-corrected chi connectivity index (χ1v) is 7.18. The van der Waals surface area contributed by atoms with E-state index in [1.807, 2.05) is 6.07 Å². The predicted molar refractivity (Wildman–Crippen MR) is 74.4 cm³/mol. The molecule has 1 aliphatic rings. The third kappa shape index (κ3) is 3.09. The zero-order valence-electron chi connectivity index (χ0n) is 11.7. The third-order valence-electron chi connectivity index (χ3n) is 3.88. The van der Waals surface area contributed by atoms with E-state index in [2.05, 4.69) is 13.8 Å². The van der Waals surface area contributed by atoms with Gasteiger partial charge in [0.05, 0.1) is 5.92 Å². The molecule has 0 amide bonds. The van der Waals surface area contributed by atoms with Crippen molar-refractivity contribution in [3.05, 3.63) is 23.8 Å². The number of phenols is 1. The molecule has 0 fully saturated rings. The third-order valence-corrected chi connectivity index (χ3v) is 3.88. The van der Waals surface area contributed by atoms with E-state index < -0.39 is 0 Å². The number of ether oxygens (including phenoxy) is 1. The number of hydrogen-bond acceptors (Lipinski definition) is 3. The highest BCUT2D eigenvalue weighted by Gasteiger charge is 2.36. The van der Waals surface area contributed by atoms with Gasteiger partial charge in [-0.1, -0.05) is 45.6 Å². The lowest BCUT2D eigenvalue weighted by atomic mass is 9.85. The lowest BCUT2D eigenvalue weighted by molar-refractivity contribution is -0.135. The van der Waals surface area contributed by atoms with E-state index >= 15 is 0 Å². The molecule has 0 saturated heterocycles. The van der Waals surface area contributed by atoms with Gasteiger partial charge in [0, 0.05) is 11.6 Å². The van der Waals surface area contributed by atoms with Crippen molar-refractivity contribution in [1.82, 2.24) is 0 Å². The first-order chi connectivity index (χ1) is 9.13. The minimum absolute atomic E-state index is 0.141. The number of aromatic hydroxyl groups is 1. The number of benzene rings is 1. The van der Waals surface area contributed by atoms with Crippen LogP contribution in [0.2, 0.25) is 0 Å². The molecule has 0 radical (unpaired) electrons. The Hall–Kier alpha value is -1.51. The monoisotopic (exact) mass is 262 g/mol. The van der Waals surface area contributed by atoms with Crippen LogP contribution in [-0.4, -0.2) is 11.1 Å². The van der Waals surface area contributed by atoms with Crippen molar-refractivity contribution in [2.24, 2.45) is 5.92 Å². The Bertz CT molecular complexity index is 453. The van der Waals surface area contributed by atoms with Gasteiger partial charge in [-0.15, -0.1) is 0 Å². The summed E-state index contributed by atoms with van der Waals surface area (Å²) in [7, 11) is 0. The molecule has 2 atom stereocenters. The summed E-state index contributed by atoms with van der Waals surface area (Å²) in [6.07, 6.45) is 5.91. The molecule has 0 aromatic heterocycles. The average molecular weight is 262 g/mol. The number of rotatable bonds is 6. The lowest BCUT2D eigenvalue weighted by Gasteiger charge is -2.16. The normalized spacial score (nSPS) is 19.1. The van der Waals surface area contributed by atoms with Crippen LogP contribution in [0.1, 0.15) is 57.4 Å². The second-order valence-corrected chi connectivity index (χ2v) is 5.45. The Morgan fingerprint density at radius 2 is 2.11 bits per heavy atom. The van der Waals surface area contributed by atoms with Gasteiger partial charge in [-0.3, -0.25) is 4.79 Å². The standard InChI is InChI=1S/C16H22O3/c1-3-4-5-6-7-11(2)15-13-9-8-12(17)10-14(13)19-16(15)18/h8-11,15,17H,3-7H2,1-2H3/t11-,15?/m1/s1. The second kappa shape index (κ2) is 6.09. The van der Waals surface area contributed by atoms with Gasteiger partial charge >= 0.3 is 5.97 Å². The molecule has 2 rings (SSSR count). The molecule has 1 aliphatic heterocycles. The van der Waals surface area contributed by atoms with E-state index in [0.29, 0.717) is 5.75 Å². The van der Waals surface area contributed by atoms with Crippen molar-refractivity contribution in [2.45, 2.75) is 51.9 Å². The first kappa shape index (κ1) is 13.9. The zero-order valence-corrected chi connectivity index (χ0v) is 11.7. The molecule has 3 heteroatoms. The van der Waals surface area contributed by atoms with E-state index in [1.165, 1.54) is 25.3 Å². The van der Waals surface area contributed by atoms with Gasteiger partial charge in [-0.2, -0.15) is 0 Å². The Kier molecular flexibility index (Phi) is 4.46. The molecule has 19 heavy (non-hydrogen) atoms. The molecule has 0 aliphatic carbocycles. The zero-order chi connectivity index (χ0) is 13.8. The van der Waals surface area contributed by atoms with Gasteiger partial charge in [0.25, 0.3) is 0 Å². The second-order valence-electron chi connectivity index (χ2n) is 5.45. The number of carbonyl (C=O) groups is 1. The molecule has 0 saturated carbocycles. The molecule has 0 bridgehead atoms. The molecule has 104 valence electrons. The highest BCUT2D eigenvalue weighted by molar-refractivity contribution is 5.86. The van der Waals surface area contributed by atoms with Crippen molar-refractivity contribution in [1.29, 1.82) is 0 Å². The topological polar surface area (TPSA) is 46.5 Å². The van der Waals surface area contributed by atoms with Crippen molar-refractivity contribution in [3.8, 4) is 11.5 Å². The number of hydrogen-bond donors (Lipinski definition) is 1. The molecule has 1 aromatic carbocycles. The van der Waals surface area contributed by atoms with Crippen LogP contribution in [0.3, 0.4) is 0 Å². The smallest absolute Gasteiger partial charge is 0.319 e. The summed E-state index contributed by atoms with van der Waals surface area (Å²) in [6.45, 7) is 4.31. The fourth-order valence-electron chi connectivity index (χ4n) is 2.77. The average Bonchev–Trinajstić information content (AvgIpc) is 2.69. The van der Waals surface area contributed by atoms with Gasteiger partial charge in [-0.05, 0) is 18.4 Å². The molecular weight excluding hydrogens is 240 g/mol. The summed E-state index contributed by atoms with van der Waals surface area (Å²) >= 11 is 0. The van der Waals surface area contributed by atoms with Gasteiger partial charge < -0.3 is 9.84 Å². The summed E-state index contributed by atoms with van der Waals surface area (Å²) in [5.41, 5.74) is 0.922. The number of unbranched alkanes of at least 4 members (excludes halogenated alkanes) is 3.